The molecule has 0 aromatic heterocycles. The summed E-state index contributed by atoms with van der Waals surface area (Å²) >= 11 is 1.38. The summed E-state index contributed by atoms with van der Waals surface area (Å²) in [5.41, 5.74) is 0. The Morgan fingerprint density at radius 3 is 1.78 bits per heavy atom. The molecule has 23 heavy (non-hydrogen) atoms. The number of hydrogen-bond acceptors (Lipinski definition) is 6. The van der Waals surface area contributed by atoms with E-state index < -0.39 is 0 Å². The molecule has 0 fully saturated rings. The van der Waals surface area contributed by atoms with Gasteiger partial charge in [0.25, 0.3) is 0 Å². The molecule has 0 saturated heterocycles. The smallest absolute Gasteiger partial charge is 0.305 e. The number of thioether (sulfide) groups is 1. The molecule has 5 nitrogen and oxygen atoms in total. The lowest BCUT2D eigenvalue weighted by Gasteiger charge is -2.15. The number of rotatable bonds is 13. The molecule has 0 aliphatic carbocycles. The lowest BCUT2D eigenvalue weighted by Crippen LogP contribution is -2.07. The van der Waals surface area contributed by atoms with E-state index in [2.05, 4.69) is 9.47 Å². The van der Waals surface area contributed by atoms with Crippen LogP contribution in [0.15, 0.2) is 0 Å². The third-order valence-corrected chi connectivity index (χ3v) is 4.76. The molecular weight excluding hydrogens is 316 g/mol. The van der Waals surface area contributed by atoms with Crippen LogP contribution in [0.5, 0.6) is 0 Å². The molecule has 0 aliphatic rings. The molecule has 0 aliphatic heterocycles. The SMILES string of the molecule is COC(=O)CCCCC[C@H](CCCCC(=O)OC)CSC(C)=O. The normalized spacial score (nSPS) is 11.8. The minimum absolute atomic E-state index is 0.148. The maximum atomic E-state index is 11.1. The Morgan fingerprint density at radius 1 is 0.826 bits per heavy atom. The third kappa shape index (κ3) is 14.3. The van der Waals surface area contributed by atoms with Crippen molar-refractivity contribution in [2.45, 2.75) is 64.7 Å². The first-order valence-corrected chi connectivity index (χ1v) is 9.25. The molecule has 0 aromatic rings. The molecule has 0 aromatic carbocycles. The van der Waals surface area contributed by atoms with Crippen molar-refractivity contribution in [3.8, 4) is 0 Å². The fourth-order valence-electron chi connectivity index (χ4n) is 2.33. The van der Waals surface area contributed by atoms with Gasteiger partial charge in [0.2, 0.25) is 0 Å². The molecule has 0 heterocycles. The van der Waals surface area contributed by atoms with E-state index in [1.54, 1.807) is 6.92 Å². The maximum absolute atomic E-state index is 11.1. The van der Waals surface area contributed by atoms with Crippen LogP contribution in [0.3, 0.4) is 0 Å². The second-order valence-electron chi connectivity index (χ2n) is 5.67. The first-order valence-electron chi connectivity index (χ1n) is 8.26. The summed E-state index contributed by atoms with van der Waals surface area (Å²) in [6.07, 6.45) is 7.71. The first-order chi connectivity index (χ1) is 11.0. The Bertz CT molecular complexity index is 357. The van der Waals surface area contributed by atoms with Gasteiger partial charge in [0.05, 0.1) is 14.2 Å². The third-order valence-electron chi connectivity index (χ3n) is 3.71. The number of carbonyl (C=O) groups is 3. The second-order valence-corrected chi connectivity index (χ2v) is 6.86. The predicted molar refractivity (Wildman–Crippen MR) is 92.2 cm³/mol. The van der Waals surface area contributed by atoms with Crippen LogP contribution in [0.4, 0.5) is 0 Å². The number of hydrogen-bond donors (Lipinski definition) is 0. The van der Waals surface area contributed by atoms with Crippen molar-refractivity contribution in [3.05, 3.63) is 0 Å². The summed E-state index contributed by atoms with van der Waals surface area (Å²) in [6, 6.07) is 0. The molecule has 0 radical (unpaired) electrons. The zero-order valence-electron chi connectivity index (χ0n) is 14.6. The average Bonchev–Trinajstić information content (AvgIpc) is 2.54. The lowest BCUT2D eigenvalue weighted by atomic mass is 9.96. The van der Waals surface area contributed by atoms with E-state index in [-0.39, 0.29) is 17.1 Å². The van der Waals surface area contributed by atoms with E-state index in [0.717, 1.165) is 50.7 Å². The largest absolute Gasteiger partial charge is 0.469 e. The Balaban J connectivity index is 3.92. The summed E-state index contributed by atoms with van der Waals surface area (Å²) < 4.78 is 9.25. The van der Waals surface area contributed by atoms with Gasteiger partial charge < -0.3 is 9.47 Å². The van der Waals surface area contributed by atoms with Gasteiger partial charge in [-0.15, -0.1) is 0 Å². The molecular formula is C17H30O5S. The minimum atomic E-state index is -0.164. The fraction of sp³-hybridized carbons (Fsp3) is 0.824. The van der Waals surface area contributed by atoms with Crippen LogP contribution in [0.25, 0.3) is 0 Å². The summed E-state index contributed by atoms with van der Waals surface area (Å²) in [7, 11) is 2.81. The zero-order valence-corrected chi connectivity index (χ0v) is 15.4. The van der Waals surface area contributed by atoms with Crippen molar-refractivity contribution < 1.29 is 23.9 Å². The lowest BCUT2D eigenvalue weighted by molar-refractivity contribution is -0.141. The standard InChI is InChI=1S/C17H30O5S/c1-14(18)23-13-15(10-7-8-12-17(20)22-3)9-5-4-6-11-16(19)21-2/h15H,4-13H2,1-3H3/t15-/m1/s1. The van der Waals surface area contributed by atoms with Gasteiger partial charge in [-0.3, -0.25) is 14.4 Å². The molecule has 0 rings (SSSR count). The van der Waals surface area contributed by atoms with E-state index in [9.17, 15) is 14.4 Å². The highest BCUT2D eigenvalue weighted by molar-refractivity contribution is 8.13. The van der Waals surface area contributed by atoms with Crippen LogP contribution in [0, 0.1) is 5.92 Å². The quantitative estimate of drug-likeness (QED) is 0.374. The van der Waals surface area contributed by atoms with E-state index in [1.165, 1.54) is 26.0 Å². The van der Waals surface area contributed by atoms with Crippen molar-refractivity contribution >= 4 is 28.8 Å². The Morgan fingerprint density at radius 2 is 1.30 bits per heavy atom. The van der Waals surface area contributed by atoms with Crippen LogP contribution < -0.4 is 0 Å². The molecule has 0 spiro atoms. The highest BCUT2D eigenvalue weighted by atomic mass is 32.2. The highest BCUT2D eigenvalue weighted by Gasteiger charge is 2.11. The summed E-state index contributed by atoms with van der Waals surface area (Å²) in [5.74, 6) is 1.00. The molecule has 6 heteroatoms. The van der Waals surface area contributed by atoms with Gasteiger partial charge in [0.15, 0.2) is 5.12 Å². The van der Waals surface area contributed by atoms with E-state index in [1.807, 2.05) is 0 Å². The highest BCUT2D eigenvalue weighted by Crippen LogP contribution is 2.22. The van der Waals surface area contributed by atoms with Crippen LogP contribution in [0.2, 0.25) is 0 Å². The Labute approximate surface area is 143 Å². The van der Waals surface area contributed by atoms with Gasteiger partial charge in [0, 0.05) is 25.5 Å². The number of carbonyl (C=O) groups excluding carboxylic acids is 3. The van der Waals surface area contributed by atoms with Gasteiger partial charge in [-0.2, -0.15) is 0 Å². The van der Waals surface area contributed by atoms with Gasteiger partial charge in [0.1, 0.15) is 0 Å². The van der Waals surface area contributed by atoms with Gasteiger partial charge in [-0.1, -0.05) is 31.0 Å². The van der Waals surface area contributed by atoms with Crippen molar-refractivity contribution in [1.29, 1.82) is 0 Å². The number of esters is 2. The summed E-state index contributed by atoms with van der Waals surface area (Å²) in [4.78, 5) is 33.3. The molecule has 0 saturated carbocycles. The molecule has 0 N–H and O–H groups in total. The number of unbranched alkanes of at least 4 members (excludes halogenated alkanes) is 3. The van der Waals surface area contributed by atoms with Crippen LogP contribution in [-0.2, 0) is 23.9 Å². The Kier molecular flexibility index (Phi) is 13.9. The van der Waals surface area contributed by atoms with Crippen molar-refractivity contribution in [3.63, 3.8) is 0 Å². The van der Waals surface area contributed by atoms with Gasteiger partial charge in [-0.05, 0) is 31.6 Å². The minimum Gasteiger partial charge on any atom is -0.469 e. The first kappa shape index (κ1) is 22.0. The predicted octanol–water partition coefficient (Wildman–Crippen LogP) is 3.74. The van der Waals surface area contributed by atoms with Crippen molar-refractivity contribution in [2.75, 3.05) is 20.0 Å². The van der Waals surface area contributed by atoms with Gasteiger partial charge >= 0.3 is 11.9 Å². The number of methoxy groups -OCH3 is 2. The topological polar surface area (TPSA) is 69.7 Å². The fourth-order valence-corrected chi connectivity index (χ4v) is 3.14. The average molecular weight is 346 g/mol. The zero-order chi connectivity index (χ0) is 17.5. The number of ether oxygens (including phenoxy) is 2. The van der Waals surface area contributed by atoms with Crippen LogP contribution in [0.1, 0.15) is 64.7 Å². The second kappa shape index (κ2) is 14.5. The van der Waals surface area contributed by atoms with E-state index in [0.29, 0.717) is 18.8 Å². The molecule has 0 unspecified atom stereocenters. The van der Waals surface area contributed by atoms with Crippen LogP contribution >= 0.6 is 11.8 Å². The van der Waals surface area contributed by atoms with E-state index in [4.69, 9.17) is 0 Å². The molecule has 0 amide bonds. The summed E-state index contributed by atoms with van der Waals surface area (Å²) in [6.45, 7) is 1.59. The maximum Gasteiger partial charge on any atom is 0.305 e. The van der Waals surface area contributed by atoms with Crippen LogP contribution in [-0.4, -0.2) is 37.0 Å². The van der Waals surface area contributed by atoms with Crippen molar-refractivity contribution in [2.24, 2.45) is 5.92 Å². The van der Waals surface area contributed by atoms with E-state index >= 15 is 0 Å². The molecule has 1 atom stereocenters. The monoisotopic (exact) mass is 346 g/mol. The molecule has 0 bridgehead atoms. The van der Waals surface area contributed by atoms with Crippen molar-refractivity contribution in [1.82, 2.24) is 0 Å². The summed E-state index contributed by atoms with van der Waals surface area (Å²) in [5, 5.41) is 0.148. The van der Waals surface area contributed by atoms with Gasteiger partial charge in [-0.25, -0.2) is 0 Å². The Hall–Kier alpha value is -1.04. The molecule has 134 valence electrons.